The Morgan fingerprint density at radius 1 is 0.302 bits per heavy atom. The van der Waals surface area contributed by atoms with Gasteiger partial charge in [-0.15, -0.1) is 0 Å². The van der Waals surface area contributed by atoms with E-state index in [1.165, 1.54) is 83.7 Å². The van der Waals surface area contributed by atoms with Gasteiger partial charge in [0, 0.05) is 56.6 Å². The molecule has 0 saturated heterocycles. The van der Waals surface area contributed by atoms with Gasteiger partial charge < -0.3 is 14.6 Å². The first-order chi connectivity index (χ1) is 26.3. The second kappa shape index (κ2) is 10.9. The van der Waals surface area contributed by atoms with Crippen LogP contribution in [0.2, 0.25) is 0 Å². The predicted octanol–water partition coefficient (Wildman–Crippen LogP) is 8.67. The van der Waals surface area contributed by atoms with Crippen molar-refractivity contribution in [1.82, 2.24) is 0 Å². The zero-order chi connectivity index (χ0) is 34.6. The van der Waals surface area contributed by atoms with Crippen molar-refractivity contribution >= 4 is 86.4 Å². The summed E-state index contributed by atoms with van der Waals surface area (Å²) in [5, 5.41) is 0. The Balaban J connectivity index is 1.19. The number of anilines is 8. The SMILES string of the molecule is c1ccc(N2c3ccccc3B3c4cc5c(cc4N(c4ccccc4)c4cccc2c43)-c2ccccc2B2c3ccccc3-c3ccccc3N25)cc1. The van der Waals surface area contributed by atoms with Crippen LogP contribution in [-0.4, -0.2) is 13.6 Å². The minimum Gasteiger partial charge on any atom is -0.376 e. The van der Waals surface area contributed by atoms with Gasteiger partial charge in [-0.3, -0.25) is 0 Å². The molecule has 3 nitrogen and oxygen atoms in total. The molecule has 0 bridgehead atoms. The van der Waals surface area contributed by atoms with Gasteiger partial charge in [0.25, 0.3) is 6.71 Å². The quantitative estimate of drug-likeness (QED) is 0.171. The highest BCUT2D eigenvalue weighted by molar-refractivity contribution is 7.00. The van der Waals surface area contributed by atoms with Crippen LogP contribution in [0.1, 0.15) is 0 Å². The van der Waals surface area contributed by atoms with E-state index in [9.17, 15) is 0 Å². The summed E-state index contributed by atoms with van der Waals surface area (Å²) < 4.78 is 0. The van der Waals surface area contributed by atoms with Gasteiger partial charge in [0.05, 0.1) is 0 Å². The van der Waals surface area contributed by atoms with E-state index >= 15 is 0 Å². The first kappa shape index (κ1) is 28.9. The van der Waals surface area contributed by atoms with Crippen molar-refractivity contribution in [2.75, 3.05) is 14.6 Å². The summed E-state index contributed by atoms with van der Waals surface area (Å²) in [4.78, 5) is 7.60. The molecule has 5 heteroatoms. The van der Waals surface area contributed by atoms with Crippen molar-refractivity contribution in [3.05, 3.63) is 188 Å². The third kappa shape index (κ3) is 3.91. The Bertz CT molecular complexity index is 2780. The second-order valence-electron chi connectivity index (χ2n) is 14.4. The lowest BCUT2D eigenvalue weighted by Crippen LogP contribution is -2.62. The van der Waals surface area contributed by atoms with Gasteiger partial charge in [0.15, 0.2) is 0 Å². The molecule has 8 aromatic carbocycles. The van der Waals surface area contributed by atoms with Crippen molar-refractivity contribution in [1.29, 1.82) is 0 Å². The zero-order valence-electron chi connectivity index (χ0n) is 28.9. The number of para-hydroxylation sites is 4. The largest absolute Gasteiger partial charge is 0.376 e. The number of benzene rings is 8. The molecule has 53 heavy (non-hydrogen) atoms. The number of rotatable bonds is 2. The van der Waals surface area contributed by atoms with Crippen LogP contribution in [-0.2, 0) is 0 Å². The second-order valence-corrected chi connectivity index (χ2v) is 14.4. The van der Waals surface area contributed by atoms with Gasteiger partial charge in [0.1, 0.15) is 0 Å². The van der Waals surface area contributed by atoms with E-state index in [0.29, 0.717) is 0 Å². The van der Waals surface area contributed by atoms with Gasteiger partial charge in [0.2, 0.25) is 0 Å². The molecule has 0 radical (unpaired) electrons. The van der Waals surface area contributed by atoms with Crippen molar-refractivity contribution in [2.45, 2.75) is 0 Å². The lowest BCUT2D eigenvalue weighted by Gasteiger charge is -2.47. The monoisotopic (exact) mass is 671 g/mol. The fourth-order valence-electron chi connectivity index (χ4n) is 9.77. The molecular formula is C48H31B2N3. The molecule has 0 amide bonds. The molecule has 4 aliphatic heterocycles. The van der Waals surface area contributed by atoms with E-state index in [0.717, 1.165) is 11.4 Å². The molecule has 0 aromatic heterocycles. The van der Waals surface area contributed by atoms with Gasteiger partial charge in [-0.2, -0.15) is 0 Å². The third-order valence-corrected chi connectivity index (χ3v) is 11.8. The van der Waals surface area contributed by atoms with Gasteiger partial charge in [-0.05, 0) is 99.1 Å². The Labute approximate surface area is 310 Å². The average molecular weight is 671 g/mol. The maximum Gasteiger partial charge on any atom is 0.329 e. The highest BCUT2D eigenvalue weighted by Crippen LogP contribution is 2.50. The smallest absolute Gasteiger partial charge is 0.329 e. The molecule has 4 heterocycles. The molecule has 0 unspecified atom stereocenters. The van der Waals surface area contributed by atoms with Crippen LogP contribution in [0.4, 0.5) is 45.5 Å². The third-order valence-electron chi connectivity index (χ3n) is 11.8. The topological polar surface area (TPSA) is 9.72 Å². The molecule has 4 aliphatic rings. The van der Waals surface area contributed by atoms with Crippen LogP contribution in [0.15, 0.2) is 188 Å². The van der Waals surface area contributed by atoms with Gasteiger partial charge in [-0.1, -0.05) is 127 Å². The summed E-state index contributed by atoms with van der Waals surface area (Å²) >= 11 is 0. The maximum atomic E-state index is 2.63. The summed E-state index contributed by atoms with van der Waals surface area (Å²) in [6.07, 6.45) is 0. The first-order valence-electron chi connectivity index (χ1n) is 18.5. The predicted molar refractivity (Wildman–Crippen MR) is 225 cm³/mol. The van der Waals surface area contributed by atoms with Crippen LogP contribution >= 0.6 is 0 Å². The number of hydrogen-bond acceptors (Lipinski definition) is 3. The highest BCUT2D eigenvalue weighted by atomic mass is 15.2. The van der Waals surface area contributed by atoms with Crippen molar-refractivity contribution in [3.63, 3.8) is 0 Å². The molecule has 0 fully saturated rings. The van der Waals surface area contributed by atoms with E-state index in [4.69, 9.17) is 0 Å². The van der Waals surface area contributed by atoms with Crippen molar-refractivity contribution in [3.8, 4) is 22.3 Å². The van der Waals surface area contributed by atoms with Crippen molar-refractivity contribution < 1.29 is 0 Å². The van der Waals surface area contributed by atoms with E-state index in [1.807, 2.05) is 0 Å². The Morgan fingerprint density at radius 2 is 0.792 bits per heavy atom. The summed E-state index contributed by atoms with van der Waals surface area (Å²) in [7, 11) is 0. The van der Waals surface area contributed by atoms with Crippen LogP contribution in [0.3, 0.4) is 0 Å². The number of fused-ring (bicyclic) bond motifs is 15. The lowest BCUT2D eigenvalue weighted by atomic mass is 9.33. The molecule has 0 atom stereocenters. The summed E-state index contributed by atoms with van der Waals surface area (Å²) in [6, 6.07) is 69.7. The Morgan fingerprint density at radius 3 is 1.45 bits per heavy atom. The van der Waals surface area contributed by atoms with Gasteiger partial charge in [-0.25, -0.2) is 0 Å². The number of nitrogens with zero attached hydrogens (tertiary/aromatic N) is 3. The lowest BCUT2D eigenvalue weighted by molar-refractivity contribution is 1.25. The van der Waals surface area contributed by atoms with E-state index in [-0.39, 0.29) is 13.6 Å². The zero-order valence-corrected chi connectivity index (χ0v) is 28.9. The Kier molecular flexibility index (Phi) is 5.95. The fourth-order valence-corrected chi connectivity index (χ4v) is 9.77. The average Bonchev–Trinajstić information content (AvgIpc) is 3.23. The molecule has 0 aliphatic carbocycles. The molecule has 244 valence electrons. The van der Waals surface area contributed by atoms with Crippen LogP contribution in [0, 0.1) is 0 Å². The minimum absolute atomic E-state index is 0.0422. The standard InChI is InChI=1S/C48H31B2N3/c1-3-16-32(17-4-1)51-43-27-14-12-25-40(43)49-41-31-46-37(30-47(41)52(33-18-5-2-6-19-33)45-29-15-28-44(51)48(45)49)35-21-8-11-24-39(35)50-38-23-10-7-20-34(38)36-22-9-13-26-42(36)53(46)50/h1-31H. The maximum absolute atomic E-state index is 2.63. The molecule has 0 spiro atoms. The first-order valence-corrected chi connectivity index (χ1v) is 18.5. The van der Waals surface area contributed by atoms with Crippen LogP contribution in [0.25, 0.3) is 22.3 Å². The van der Waals surface area contributed by atoms with Crippen LogP contribution in [0.5, 0.6) is 0 Å². The van der Waals surface area contributed by atoms with E-state index < -0.39 is 0 Å². The summed E-state index contributed by atoms with van der Waals surface area (Å²) in [6.45, 7) is 0.104. The van der Waals surface area contributed by atoms with Crippen LogP contribution < -0.4 is 41.9 Å². The molecule has 0 N–H and O–H groups in total. The fraction of sp³-hybridized carbons (Fsp3) is 0. The van der Waals surface area contributed by atoms with Gasteiger partial charge >= 0.3 is 6.85 Å². The minimum atomic E-state index is 0.0422. The normalized spacial score (nSPS) is 13.8. The number of hydrogen-bond donors (Lipinski definition) is 0. The van der Waals surface area contributed by atoms with Crippen molar-refractivity contribution in [2.24, 2.45) is 0 Å². The van der Waals surface area contributed by atoms with E-state index in [2.05, 4.69) is 203 Å². The molecule has 8 aromatic rings. The molecule has 0 saturated carbocycles. The van der Waals surface area contributed by atoms with E-state index in [1.54, 1.807) is 0 Å². The summed E-state index contributed by atoms with van der Waals surface area (Å²) in [5.74, 6) is 0. The summed E-state index contributed by atoms with van der Waals surface area (Å²) in [5.41, 5.74) is 21.6. The highest BCUT2D eigenvalue weighted by Gasteiger charge is 2.47. The Hall–Kier alpha value is -6.71. The molecular weight excluding hydrogens is 640 g/mol. The molecule has 12 rings (SSSR count).